The third-order valence-corrected chi connectivity index (χ3v) is 3.72. The van der Waals surface area contributed by atoms with Crippen molar-refractivity contribution in [3.8, 4) is 0 Å². The molecule has 0 radical (unpaired) electrons. The minimum absolute atomic E-state index is 0.0160. The molecule has 0 spiro atoms. The Bertz CT molecular complexity index is 517. The van der Waals surface area contributed by atoms with Crippen LogP contribution in [0.15, 0.2) is 18.2 Å². The Kier molecular flexibility index (Phi) is 5.75. The highest BCUT2D eigenvalue weighted by Gasteiger charge is 2.11. The van der Waals surface area contributed by atoms with Crippen LogP contribution in [-0.2, 0) is 16.4 Å². The maximum Gasteiger partial charge on any atom is 0.149 e. The average Bonchev–Trinajstić information content (AvgIpc) is 2.32. The molecule has 0 saturated carbocycles. The zero-order valence-electron chi connectivity index (χ0n) is 11.6. The Morgan fingerprint density at radius 2 is 2.05 bits per heavy atom. The van der Waals surface area contributed by atoms with Crippen molar-refractivity contribution in [2.24, 2.45) is 0 Å². The summed E-state index contributed by atoms with van der Waals surface area (Å²) in [6, 6.07) is 5.01. The van der Waals surface area contributed by atoms with Crippen molar-refractivity contribution in [3.05, 3.63) is 29.6 Å². The average molecular weight is 288 g/mol. The molecule has 0 aliphatic heterocycles. The number of halogens is 1. The molecule has 108 valence electrons. The van der Waals surface area contributed by atoms with Crippen molar-refractivity contribution in [1.82, 2.24) is 5.32 Å². The van der Waals surface area contributed by atoms with E-state index in [1.807, 2.05) is 13.0 Å². The van der Waals surface area contributed by atoms with Crippen molar-refractivity contribution in [3.63, 3.8) is 0 Å². The normalized spacial score (nSPS) is 11.6. The predicted molar refractivity (Wildman–Crippen MR) is 76.8 cm³/mol. The Balaban J connectivity index is 2.72. The van der Waals surface area contributed by atoms with Crippen molar-refractivity contribution in [2.45, 2.75) is 13.5 Å². The molecule has 0 aliphatic carbocycles. The summed E-state index contributed by atoms with van der Waals surface area (Å²) in [5.41, 5.74) is 1.29. The molecule has 0 saturated heterocycles. The van der Waals surface area contributed by atoms with Gasteiger partial charge in [-0.1, -0.05) is 13.0 Å². The standard InChI is InChI=1S/C13H21FN2O2S/c1-4-15-10-11-5-6-13(12(14)9-11)16(2)7-8-19(3,17)18/h5-6,9,15H,4,7-8,10H2,1-3H3. The fourth-order valence-corrected chi connectivity index (χ4v) is 2.27. The maximum atomic E-state index is 13.9. The van der Waals surface area contributed by atoms with Crippen LogP contribution < -0.4 is 10.2 Å². The molecular formula is C13H21FN2O2S. The van der Waals surface area contributed by atoms with Crippen LogP contribution in [0, 0.1) is 5.82 Å². The molecule has 0 atom stereocenters. The number of hydrogen-bond acceptors (Lipinski definition) is 4. The molecule has 0 heterocycles. The lowest BCUT2D eigenvalue weighted by molar-refractivity contribution is 0.598. The molecule has 1 rings (SSSR count). The molecular weight excluding hydrogens is 267 g/mol. The highest BCUT2D eigenvalue weighted by Crippen LogP contribution is 2.19. The lowest BCUT2D eigenvalue weighted by atomic mass is 10.2. The maximum absolute atomic E-state index is 13.9. The first-order valence-electron chi connectivity index (χ1n) is 6.21. The van der Waals surface area contributed by atoms with E-state index < -0.39 is 9.84 Å². The molecule has 1 aromatic rings. The van der Waals surface area contributed by atoms with Gasteiger partial charge in [-0.2, -0.15) is 0 Å². The van der Waals surface area contributed by atoms with E-state index >= 15 is 0 Å². The quantitative estimate of drug-likeness (QED) is 0.824. The van der Waals surface area contributed by atoms with Crippen LogP contribution in [0.5, 0.6) is 0 Å². The van der Waals surface area contributed by atoms with E-state index in [4.69, 9.17) is 0 Å². The van der Waals surface area contributed by atoms with Crippen molar-refractivity contribution in [1.29, 1.82) is 0 Å². The van der Waals surface area contributed by atoms with E-state index in [0.717, 1.165) is 12.1 Å². The van der Waals surface area contributed by atoms with E-state index in [1.165, 1.54) is 12.3 Å². The number of nitrogens with zero attached hydrogens (tertiary/aromatic N) is 1. The molecule has 0 aliphatic rings. The largest absolute Gasteiger partial charge is 0.371 e. The lowest BCUT2D eigenvalue weighted by Crippen LogP contribution is -2.25. The number of hydrogen-bond donors (Lipinski definition) is 1. The zero-order chi connectivity index (χ0) is 14.5. The minimum atomic E-state index is -3.03. The second-order valence-electron chi connectivity index (χ2n) is 4.62. The molecule has 0 fully saturated rings. The van der Waals surface area contributed by atoms with Crippen LogP contribution in [0.3, 0.4) is 0 Å². The van der Waals surface area contributed by atoms with Gasteiger partial charge in [0.2, 0.25) is 0 Å². The first-order chi connectivity index (χ1) is 8.83. The highest BCUT2D eigenvalue weighted by molar-refractivity contribution is 7.90. The lowest BCUT2D eigenvalue weighted by Gasteiger charge is -2.20. The topological polar surface area (TPSA) is 49.4 Å². The predicted octanol–water partition coefficient (Wildman–Crippen LogP) is 1.42. The Morgan fingerprint density at radius 3 is 2.58 bits per heavy atom. The summed E-state index contributed by atoms with van der Waals surface area (Å²) in [5, 5.41) is 3.13. The molecule has 6 heteroatoms. The Morgan fingerprint density at radius 1 is 1.37 bits per heavy atom. The summed E-state index contributed by atoms with van der Waals surface area (Å²) in [5.74, 6) is -0.311. The van der Waals surface area contributed by atoms with Crippen LogP contribution >= 0.6 is 0 Å². The van der Waals surface area contributed by atoms with E-state index in [1.54, 1.807) is 18.0 Å². The van der Waals surface area contributed by atoms with E-state index in [0.29, 0.717) is 12.2 Å². The summed E-state index contributed by atoms with van der Waals surface area (Å²) in [6.45, 7) is 3.73. The second kappa shape index (κ2) is 6.86. The number of nitrogens with one attached hydrogen (secondary N) is 1. The van der Waals surface area contributed by atoms with Crippen molar-refractivity contribution >= 4 is 15.5 Å². The Hall–Kier alpha value is -1.14. The molecule has 0 amide bonds. The van der Waals surface area contributed by atoms with Gasteiger partial charge in [0.15, 0.2) is 0 Å². The van der Waals surface area contributed by atoms with Gasteiger partial charge in [0.25, 0.3) is 0 Å². The van der Waals surface area contributed by atoms with Gasteiger partial charge in [-0.25, -0.2) is 12.8 Å². The van der Waals surface area contributed by atoms with Gasteiger partial charge in [0.1, 0.15) is 15.7 Å². The fraction of sp³-hybridized carbons (Fsp3) is 0.538. The molecule has 0 unspecified atom stereocenters. The van der Waals surface area contributed by atoms with E-state index in [2.05, 4.69) is 5.32 Å². The van der Waals surface area contributed by atoms with Gasteiger partial charge in [-0.05, 0) is 24.2 Å². The number of benzene rings is 1. The number of anilines is 1. The third kappa shape index (κ3) is 5.57. The van der Waals surface area contributed by atoms with Crippen molar-refractivity contribution in [2.75, 3.05) is 37.0 Å². The van der Waals surface area contributed by atoms with E-state index in [-0.39, 0.29) is 18.1 Å². The molecule has 19 heavy (non-hydrogen) atoms. The van der Waals surface area contributed by atoms with Crippen LogP contribution in [0.4, 0.5) is 10.1 Å². The van der Waals surface area contributed by atoms with Gasteiger partial charge < -0.3 is 10.2 Å². The summed E-state index contributed by atoms with van der Waals surface area (Å²) in [6.07, 6.45) is 1.18. The highest BCUT2D eigenvalue weighted by atomic mass is 32.2. The summed E-state index contributed by atoms with van der Waals surface area (Å²) >= 11 is 0. The van der Waals surface area contributed by atoms with Gasteiger partial charge in [-0.3, -0.25) is 0 Å². The summed E-state index contributed by atoms with van der Waals surface area (Å²) < 4.78 is 36.1. The number of sulfone groups is 1. The molecule has 1 aromatic carbocycles. The van der Waals surface area contributed by atoms with Gasteiger partial charge in [0.05, 0.1) is 11.4 Å². The Labute approximate surface area is 114 Å². The van der Waals surface area contributed by atoms with Crippen LogP contribution in [0.25, 0.3) is 0 Å². The zero-order valence-corrected chi connectivity index (χ0v) is 12.4. The SMILES string of the molecule is CCNCc1ccc(N(C)CCS(C)(=O)=O)c(F)c1. The smallest absolute Gasteiger partial charge is 0.149 e. The number of rotatable bonds is 7. The second-order valence-corrected chi connectivity index (χ2v) is 6.88. The monoisotopic (exact) mass is 288 g/mol. The molecule has 1 N–H and O–H groups in total. The summed E-state index contributed by atoms with van der Waals surface area (Å²) in [4.78, 5) is 1.62. The third-order valence-electron chi connectivity index (χ3n) is 2.80. The first kappa shape index (κ1) is 15.9. The minimum Gasteiger partial charge on any atom is -0.371 e. The van der Waals surface area contributed by atoms with Crippen molar-refractivity contribution < 1.29 is 12.8 Å². The molecule has 0 bridgehead atoms. The first-order valence-corrected chi connectivity index (χ1v) is 8.27. The molecule has 0 aromatic heterocycles. The van der Waals surface area contributed by atoms with Gasteiger partial charge >= 0.3 is 0 Å². The van der Waals surface area contributed by atoms with Crippen LogP contribution in [0.1, 0.15) is 12.5 Å². The summed E-state index contributed by atoms with van der Waals surface area (Å²) in [7, 11) is -1.35. The van der Waals surface area contributed by atoms with Crippen LogP contribution in [0.2, 0.25) is 0 Å². The van der Waals surface area contributed by atoms with Gasteiger partial charge in [-0.15, -0.1) is 0 Å². The van der Waals surface area contributed by atoms with Gasteiger partial charge in [0, 0.05) is 26.4 Å². The van der Waals surface area contributed by atoms with E-state index in [9.17, 15) is 12.8 Å². The van der Waals surface area contributed by atoms with Crippen LogP contribution in [-0.4, -0.2) is 40.6 Å². The fourth-order valence-electron chi connectivity index (χ4n) is 1.66. The molecule has 4 nitrogen and oxygen atoms in total.